The van der Waals surface area contributed by atoms with Crippen LogP contribution in [-0.4, -0.2) is 30.5 Å². The van der Waals surface area contributed by atoms with E-state index in [0.717, 1.165) is 5.56 Å². The molecule has 126 valence electrons. The third-order valence-electron chi connectivity index (χ3n) is 3.55. The maximum atomic E-state index is 12.6. The minimum atomic E-state index is -3.89. The van der Waals surface area contributed by atoms with Crippen molar-refractivity contribution in [2.45, 2.75) is 56.9 Å². The molecule has 0 saturated carbocycles. The van der Waals surface area contributed by atoms with Crippen LogP contribution in [0.15, 0.2) is 29.2 Å². The largest absolute Gasteiger partial charge is 0.306 e. The number of benzene rings is 1. The van der Waals surface area contributed by atoms with Crippen LogP contribution in [0.1, 0.15) is 40.2 Å². The number of ketones is 1. The lowest BCUT2D eigenvalue weighted by Crippen LogP contribution is -2.31. The van der Waals surface area contributed by atoms with Gasteiger partial charge in [-0.25, -0.2) is 3.63 Å². The van der Waals surface area contributed by atoms with E-state index >= 15 is 0 Å². The first kappa shape index (κ1) is 19.2. The van der Waals surface area contributed by atoms with Gasteiger partial charge in [0.2, 0.25) is 0 Å². The smallest absolute Gasteiger partial charge is 0.299 e. The summed E-state index contributed by atoms with van der Waals surface area (Å²) in [5, 5.41) is -0.0618. The highest BCUT2D eigenvalue weighted by atomic mass is 32.3. The van der Waals surface area contributed by atoms with Crippen molar-refractivity contribution >= 4 is 26.2 Å². The third-order valence-corrected chi connectivity index (χ3v) is 10.2. The van der Waals surface area contributed by atoms with Crippen LogP contribution in [0.5, 0.6) is 0 Å². The lowest BCUT2D eigenvalue weighted by Gasteiger charge is -2.44. The molecule has 0 radical (unpaired) electrons. The molecule has 0 spiro atoms. The molecule has 0 unspecified atom stereocenters. The molecule has 4 nitrogen and oxygen atoms in total. The molecule has 0 N–H and O–H groups in total. The summed E-state index contributed by atoms with van der Waals surface area (Å²) in [6, 6.07) is 6.57. The highest BCUT2D eigenvalue weighted by Crippen LogP contribution is 2.59. The van der Waals surface area contributed by atoms with Gasteiger partial charge >= 0.3 is 10.1 Å². The normalized spacial score (nSPS) is 13.6. The first-order chi connectivity index (χ1) is 10.0. The number of aryl methyl sites for hydroxylation is 1. The molecule has 0 fully saturated rings. The molecular formula is C16H26O4S2. The van der Waals surface area contributed by atoms with Crippen molar-refractivity contribution in [3.63, 3.8) is 0 Å². The molecule has 0 amide bonds. The Balaban J connectivity index is 3.28. The molecule has 1 aromatic carbocycles. The summed E-state index contributed by atoms with van der Waals surface area (Å²) in [5.41, 5.74) is 0.981. The van der Waals surface area contributed by atoms with E-state index in [1.54, 1.807) is 24.3 Å². The summed E-state index contributed by atoms with van der Waals surface area (Å²) in [6.07, 6.45) is 0. The summed E-state index contributed by atoms with van der Waals surface area (Å²) in [4.78, 5) is 11.8. The van der Waals surface area contributed by atoms with Gasteiger partial charge in [0.1, 0.15) is 5.78 Å². The van der Waals surface area contributed by atoms with Gasteiger partial charge in [-0.15, -0.1) is 10.3 Å². The Hall–Kier alpha value is -0.850. The van der Waals surface area contributed by atoms with Crippen LogP contribution in [0, 0.1) is 6.92 Å². The first-order valence-electron chi connectivity index (χ1n) is 7.32. The standard InChI is InChI=1S/C16H26O4S2/c1-12(2)21(13(3)4,11-15(6)17)20-22(18,19)16-9-7-14(5)8-10-16/h7-10,12-13H,11H2,1-6H3. The first-order valence-corrected chi connectivity index (χ1v) is 10.6. The Labute approximate surface area is 135 Å². The maximum absolute atomic E-state index is 12.6. The van der Waals surface area contributed by atoms with Gasteiger partial charge in [0, 0.05) is 10.5 Å². The van der Waals surface area contributed by atoms with E-state index in [1.165, 1.54) is 6.92 Å². The molecule has 0 heterocycles. The SMILES string of the molecule is CC(=O)CS(OS(=O)(=O)c1ccc(C)cc1)(C(C)C)C(C)C. The predicted octanol–water partition coefficient (Wildman–Crippen LogP) is 3.83. The van der Waals surface area contributed by atoms with Crippen LogP contribution >= 0.6 is 10.3 Å². The summed E-state index contributed by atoms with van der Waals surface area (Å²) in [7, 11) is -5.97. The molecule has 22 heavy (non-hydrogen) atoms. The topological polar surface area (TPSA) is 60.4 Å². The van der Waals surface area contributed by atoms with E-state index < -0.39 is 20.4 Å². The van der Waals surface area contributed by atoms with Gasteiger partial charge in [-0.1, -0.05) is 45.4 Å². The van der Waals surface area contributed by atoms with E-state index in [0.29, 0.717) is 0 Å². The van der Waals surface area contributed by atoms with Crippen LogP contribution in [0.3, 0.4) is 0 Å². The van der Waals surface area contributed by atoms with Crippen molar-refractivity contribution in [1.29, 1.82) is 0 Å². The number of carbonyl (C=O) groups is 1. The number of carbonyl (C=O) groups excluding carboxylic acids is 1. The zero-order valence-corrected chi connectivity index (χ0v) is 15.8. The fourth-order valence-corrected chi connectivity index (χ4v) is 8.25. The predicted molar refractivity (Wildman–Crippen MR) is 92.9 cm³/mol. The fraction of sp³-hybridized carbons (Fsp3) is 0.562. The molecule has 0 aliphatic carbocycles. The highest BCUT2D eigenvalue weighted by molar-refractivity contribution is 8.34. The van der Waals surface area contributed by atoms with Crippen molar-refractivity contribution in [2.75, 3.05) is 5.75 Å². The minimum Gasteiger partial charge on any atom is -0.299 e. The lowest BCUT2D eigenvalue weighted by atomic mass is 10.2. The van der Waals surface area contributed by atoms with Gasteiger partial charge in [0.05, 0.1) is 10.6 Å². The van der Waals surface area contributed by atoms with Crippen LogP contribution in [-0.2, 0) is 18.5 Å². The molecule has 0 aromatic heterocycles. The van der Waals surface area contributed by atoms with Gasteiger partial charge in [0.25, 0.3) is 0 Å². The molecule has 0 bridgehead atoms. The summed E-state index contributed by atoms with van der Waals surface area (Å²) >= 11 is 0. The molecule has 1 rings (SSSR count). The second-order valence-corrected chi connectivity index (χ2v) is 11.7. The average molecular weight is 347 g/mol. The van der Waals surface area contributed by atoms with Gasteiger partial charge in [-0.3, -0.25) is 4.79 Å². The minimum absolute atomic E-state index is 0.0309. The number of Topliss-reactive ketones (excluding diaryl/α,β-unsaturated/α-hetero) is 1. The zero-order chi connectivity index (χ0) is 17.1. The maximum Gasteiger partial charge on any atom is 0.306 e. The molecule has 0 aliphatic rings. The number of hydrogen-bond donors (Lipinski definition) is 0. The van der Waals surface area contributed by atoms with Crippen LogP contribution in [0.4, 0.5) is 0 Å². The second kappa shape index (κ2) is 7.15. The molecule has 0 saturated heterocycles. The van der Waals surface area contributed by atoms with Crippen LogP contribution in [0.25, 0.3) is 0 Å². The van der Waals surface area contributed by atoms with Crippen LogP contribution in [0.2, 0.25) is 0 Å². The zero-order valence-electron chi connectivity index (χ0n) is 14.1. The Morgan fingerprint density at radius 2 is 1.50 bits per heavy atom. The molecular weight excluding hydrogens is 320 g/mol. The molecule has 0 atom stereocenters. The molecule has 6 heteroatoms. The van der Waals surface area contributed by atoms with Crippen molar-refractivity contribution in [3.8, 4) is 0 Å². The van der Waals surface area contributed by atoms with Crippen molar-refractivity contribution in [1.82, 2.24) is 0 Å². The lowest BCUT2D eigenvalue weighted by molar-refractivity contribution is -0.114. The Bertz CT molecular complexity index is 608. The Kier molecular flexibility index (Phi) is 6.24. The van der Waals surface area contributed by atoms with Gasteiger partial charge in [-0.05, 0) is 26.0 Å². The average Bonchev–Trinajstić information content (AvgIpc) is 2.36. The van der Waals surface area contributed by atoms with E-state index in [2.05, 4.69) is 0 Å². The Morgan fingerprint density at radius 1 is 1.05 bits per heavy atom. The van der Waals surface area contributed by atoms with E-state index in [1.807, 2.05) is 34.6 Å². The third kappa shape index (κ3) is 4.33. The van der Waals surface area contributed by atoms with Crippen LogP contribution < -0.4 is 0 Å². The molecule has 1 aromatic rings. The summed E-state index contributed by atoms with van der Waals surface area (Å²) < 4.78 is 31.0. The summed E-state index contributed by atoms with van der Waals surface area (Å²) in [5.74, 6) is 0.115. The second-order valence-electron chi connectivity index (χ2n) is 6.06. The number of hydrogen-bond acceptors (Lipinski definition) is 4. The van der Waals surface area contributed by atoms with Gasteiger partial charge in [0.15, 0.2) is 0 Å². The van der Waals surface area contributed by atoms with E-state index in [-0.39, 0.29) is 26.9 Å². The van der Waals surface area contributed by atoms with Crippen molar-refractivity contribution in [3.05, 3.63) is 29.8 Å². The van der Waals surface area contributed by atoms with Gasteiger partial charge < -0.3 is 0 Å². The van der Waals surface area contributed by atoms with Gasteiger partial charge in [-0.2, -0.15) is 8.42 Å². The number of rotatable bonds is 7. The Morgan fingerprint density at radius 3 is 1.86 bits per heavy atom. The fourth-order valence-electron chi connectivity index (χ4n) is 2.29. The monoisotopic (exact) mass is 346 g/mol. The molecule has 0 aliphatic heterocycles. The highest BCUT2D eigenvalue weighted by Gasteiger charge is 2.39. The van der Waals surface area contributed by atoms with Crippen molar-refractivity contribution in [2.24, 2.45) is 0 Å². The summed E-state index contributed by atoms with van der Waals surface area (Å²) in [6.45, 7) is 11.1. The van der Waals surface area contributed by atoms with Crippen molar-refractivity contribution < 1.29 is 16.8 Å². The van der Waals surface area contributed by atoms with E-state index in [9.17, 15) is 13.2 Å². The quantitative estimate of drug-likeness (QED) is 0.753. The van der Waals surface area contributed by atoms with E-state index in [4.69, 9.17) is 3.63 Å².